The summed E-state index contributed by atoms with van der Waals surface area (Å²) in [4.78, 5) is 33.3. The van der Waals surface area contributed by atoms with Crippen LogP contribution in [0.1, 0.15) is 40.3 Å². The molecule has 0 spiro atoms. The summed E-state index contributed by atoms with van der Waals surface area (Å²) >= 11 is 0. The van der Waals surface area contributed by atoms with Crippen LogP contribution in [-0.4, -0.2) is 41.3 Å². The number of aromatic nitrogens is 4. The van der Waals surface area contributed by atoms with Gasteiger partial charge in [-0.3, -0.25) is 13.9 Å². The van der Waals surface area contributed by atoms with Gasteiger partial charge >= 0.3 is 21.3 Å². The number of nitrogens with zero attached hydrogens (tertiary/aromatic N) is 4. The van der Waals surface area contributed by atoms with E-state index in [-0.39, 0.29) is 28.8 Å². The molecule has 10 nitrogen and oxygen atoms in total. The predicted molar refractivity (Wildman–Crippen MR) is 121 cm³/mol. The van der Waals surface area contributed by atoms with Crippen molar-refractivity contribution in [3.8, 4) is 5.88 Å². The van der Waals surface area contributed by atoms with Crippen molar-refractivity contribution in [3.05, 3.63) is 26.5 Å². The van der Waals surface area contributed by atoms with Crippen LogP contribution in [0, 0.1) is 5.92 Å². The highest BCUT2D eigenvalue weighted by atomic mass is 32.2. The van der Waals surface area contributed by atoms with E-state index in [4.69, 9.17) is 4.43 Å². The minimum atomic E-state index is -6.11. The Morgan fingerprint density at radius 2 is 1.65 bits per heavy atom. The molecule has 0 N–H and O–H groups in total. The predicted octanol–water partition coefficient (Wildman–Crippen LogP) is 2.90. The van der Waals surface area contributed by atoms with Gasteiger partial charge in [-0.25, -0.2) is 14.8 Å². The molecule has 15 heteroatoms. The van der Waals surface area contributed by atoms with Gasteiger partial charge in [0.2, 0.25) is 0 Å². The van der Waals surface area contributed by atoms with Crippen LogP contribution in [0.4, 0.5) is 13.2 Å². The van der Waals surface area contributed by atoms with Crippen molar-refractivity contribution < 1.29 is 30.2 Å². The second-order valence-electron chi connectivity index (χ2n) is 9.83. The summed E-state index contributed by atoms with van der Waals surface area (Å²) in [6, 6.07) is 0. The first-order valence-electron chi connectivity index (χ1n) is 10.3. The Kier molecular flexibility index (Phi) is 7.46. The first-order valence-corrected chi connectivity index (χ1v) is 14.7. The molecule has 0 aliphatic heterocycles. The van der Waals surface area contributed by atoms with Gasteiger partial charge in [-0.2, -0.15) is 21.6 Å². The van der Waals surface area contributed by atoms with Crippen LogP contribution < -0.4 is 15.4 Å². The van der Waals surface area contributed by atoms with E-state index in [2.05, 4.69) is 14.2 Å². The summed E-state index contributed by atoms with van der Waals surface area (Å²) in [5.74, 6) is -1.09. The lowest BCUT2D eigenvalue weighted by molar-refractivity contribution is -0.0501. The fourth-order valence-electron chi connectivity index (χ4n) is 2.60. The zero-order valence-electron chi connectivity index (χ0n) is 20.3. The maximum Gasteiger partial charge on any atom is 0.534 e. The fraction of sp³-hybridized carbons (Fsp3) is 0.684. The van der Waals surface area contributed by atoms with Crippen molar-refractivity contribution in [2.45, 2.75) is 71.4 Å². The fourth-order valence-corrected chi connectivity index (χ4v) is 3.97. The van der Waals surface area contributed by atoms with E-state index in [1.54, 1.807) is 0 Å². The van der Waals surface area contributed by atoms with Crippen LogP contribution in [0.2, 0.25) is 18.1 Å². The van der Waals surface area contributed by atoms with E-state index in [0.29, 0.717) is 4.57 Å². The third kappa shape index (κ3) is 5.51. The number of hydrogen-bond donors (Lipinski definition) is 0. The van der Waals surface area contributed by atoms with Crippen molar-refractivity contribution in [2.24, 2.45) is 13.0 Å². The second-order valence-corrected chi connectivity index (χ2v) is 16.2. The molecule has 192 valence electrons. The summed E-state index contributed by atoms with van der Waals surface area (Å²) < 4.78 is 74.6. The van der Waals surface area contributed by atoms with Gasteiger partial charge in [-0.1, -0.05) is 34.6 Å². The molecule has 2 heterocycles. The highest BCUT2D eigenvalue weighted by molar-refractivity contribution is 7.87. The molecule has 0 saturated carbocycles. The summed E-state index contributed by atoms with van der Waals surface area (Å²) in [6.07, 6.45) is 0. The normalized spacial score (nSPS) is 13.6. The van der Waals surface area contributed by atoms with Gasteiger partial charge in [0, 0.05) is 13.6 Å². The van der Waals surface area contributed by atoms with Gasteiger partial charge in [-0.05, 0) is 24.1 Å². The zero-order valence-corrected chi connectivity index (χ0v) is 22.1. The lowest BCUT2D eigenvalue weighted by atomic mass is 10.2. The van der Waals surface area contributed by atoms with E-state index in [0.717, 1.165) is 4.57 Å². The van der Waals surface area contributed by atoms with Crippen molar-refractivity contribution in [3.63, 3.8) is 0 Å². The topological polar surface area (TPSA) is 122 Å². The van der Waals surface area contributed by atoms with Crippen molar-refractivity contribution >= 4 is 29.6 Å². The highest BCUT2D eigenvalue weighted by Gasteiger charge is 2.49. The van der Waals surface area contributed by atoms with Crippen molar-refractivity contribution in [2.75, 3.05) is 0 Å². The Balaban J connectivity index is 2.84. The van der Waals surface area contributed by atoms with Crippen LogP contribution in [0.5, 0.6) is 5.88 Å². The summed E-state index contributed by atoms with van der Waals surface area (Å²) in [5, 5.41) is -0.286. The molecular formula is C19H29F3N4O6SSi. The number of hydrogen-bond acceptors (Lipinski definition) is 8. The minimum Gasteiger partial charge on any atom is -0.411 e. The molecule has 0 aliphatic rings. The first kappa shape index (κ1) is 28.0. The van der Waals surface area contributed by atoms with Crippen LogP contribution in [0.15, 0.2) is 9.59 Å². The Bertz CT molecular complexity index is 1310. The molecule has 0 radical (unpaired) electrons. The molecule has 2 aromatic heterocycles. The van der Waals surface area contributed by atoms with Crippen LogP contribution in [-0.2, 0) is 34.7 Å². The van der Waals surface area contributed by atoms with Gasteiger partial charge in [-0.15, -0.1) is 0 Å². The first-order chi connectivity index (χ1) is 15.2. The lowest BCUT2D eigenvalue weighted by Gasteiger charge is -2.36. The van der Waals surface area contributed by atoms with E-state index in [9.17, 15) is 31.2 Å². The second kappa shape index (κ2) is 9.07. The standard InChI is InChI=1S/C19H29F3N4O6SSi/c1-11(2)9-26-14-13(16(27)25(6)17(26)28)24-15(32-33(29,30)19(20,21)22)12(23-14)10-31-34(7,8)18(3,4)5/h11H,9-10H2,1-8H3. The molecular weight excluding hydrogens is 497 g/mol. The molecule has 0 bridgehead atoms. The molecule has 0 saturated heterocycles. The van der Waals surface area contributed by atoms with Gasteiger partial charge in [0.05, 0.1) is 6.61 Å². The molecule has 0 atom stereocenters. The Morgan fingerprint density at radius 1 is 1.09 bits per heavy atom. The summed E-state index contributed by atoms with van der Waals surface area (Å²) in [7, 11) is -7.41. The molecule has 0 fully saturated rings. The van der Waals surface area contributed by atoms with Crippen LogP contribution in [0.25, 0.3) is 11.2 Å². The Hall–Kier alpha value is -2.26. The van der Waals surface area contributed by atoms with Crippen molar-refractivity contribution in [1.29, 1.82) is 0 Å². The highest BCUT2D eigenvalue weighted by Crippen LogP contribution is 2.37. The average molecular weight is 527 g/mol. The quantitative estimate of drug-likeness (QED) is 0.307. The number of alkyl halides is 3. The SMILES string of the molecule is CC(C)Cn1c(=O)n(C)c(=O)c2nc(OS(=O)(=O)C(F)(F)F)c(CO[Si](C)(C)C(C)(C)C)nc21. The van der Waals surface area contributed by atoms with Crippen LogP contribution >= 0.6 is 0 Å². The monoisotopic (exact) mass is 526 g/mol. The number of fused-ring (bicyclic) bond motifs is 1. The summed E-state index contributed by atoms with van der Waals surface area (Å²) in [5.41, 5.74) is -8.48. The number of rotatable bonds is 7. The van der Waals surface area contributed by atoms with Gasteiger partial charge in [0.1, 0.15) is 5.69 Å². The molecule has 0 unspecified atom stereocenters. The van der Waals surface area contributed by atoms with E-state index in [1.807, 2.05) is 47.7 Å². The molecule has 34 heavy (non-hydrogen) atoms. The van der Waals surface area contributed by atoms with E-state index < -0.39 is 53.2 Å². The molecule has 0 aliphatic carbocycles. The molecule has 2 aromatic rings. The Labute approximate surface area is 196 Å². The smallest absolute Gasteiger partial charge is 0.411 e. The third-order valence-electron chi connectivity index (χ3n) is 5.59. The minimum absolute atomic E-state index is 0.0614. The largest absolute Gasteiger partial charge is 0.534 e. The zero-order chi connectivity index (χ0) is 26.4. The lowest BCUT2D eigenvalue weighted by Crippen LogP contribution is -2.41. The maximum atomic E-state index is 13.0. The summed E-state index contributed by atoms with van der Waals surface area (Å²) in [6.45, 7) is 12.9. The Morgan fingerprint density at radius 3 is 2.12 bits per heavy atom. The van der Waals surface area contributed by atoms with Crippen LogP contribution in [0.3, 0.4) is 0 Å². The van der Waals surface area contributed by atoms with Gasteiger partial charge < -0.3 is 8.61 Å². The maximum absolute atomic E-state index is 13.0. The molecule has 0 aromatic carbocycles. The molecule has 2 rings (SSSR count). The number of halogens is 3. The van der Waals surface area contributed by atoms with E-state index in [1.165, 1.54) is 7.05 Å². The average Bonchev–Trinajstić information content (AvgIpc) is 2.66. The van der Waals surface area contributed by atoms with Gasteiger partial charge in [0.15, 0.2) is 19.5 Å². The van der Waals surface area contributed by atoms with Crippen molar-refractivity contribution in [1.82, 2.24) is 19.1 Å². The third-order valence-corrected chi connectivity index (χ3v) is 11.0. The van der Waals surface area contributed by atoms with Gasteiger partial charge in [0.25, 0.3) is 11.4 Å². The van der Waals surface area contributed by atoms with E-state index >= 15 is 0 Å². The molecule has 0 amide bonds.